The zero-order valence-electron chi connectivity index (χ0n) is 7.22. The van der Waals surface area contributed by atoms with Crippen molar-refractivity contribution in [2.45, 2.75) is 12.1 Å². The van der Waals surface area contributed by atoms with Crippen molar-refractivity contribution in [3.05, 3.63) is 5.82 Å². The van der Waals surface area contributed by atoms with Crippen LogP contribution in [0.2, 0.25) is 0 Å². The number of nitrogens with zero attached hydrogens (tertiary/aromatic N) is 5. The summed E-state index contributed by atoms with van der Waals surface area (Å²) in [7, 11) is 0. The van der Waals surface area contributed by atoms with E-state index in [0.717, 1.165) is 0 Å². The van der Waals surface area contributed by atoms with E-state index >= 15 is 0 Å². The lowest BCUT2D eigenvalue weighted by Crippen LogP contribution is -2.05. The van der Waals surface area contributed by atoms with Gasteiger partial charge in [-0.05, 0) is 13.2 Å². The van der Waals surface area contributed by atoms with Gasteiger partial charge in [-0.2, -0.15) is 19.5 Å². The molecule has 2 aromatic heterocycles. The highest BCUT2D eigenvalue weighted by Gasteiger charge is 2.07. The van der Waals surface area contributed by atoms with Crippen molar-refractivity contribution in [2.75, 3.05) is 12.0 Å². The Labute approximate surface area is 78.6 Å². The Balaban J connectivity index is 2.75. The summed E-state index contributed by atoms with van der Waals surface area (Å²) in [6, 6.07) is 0. The molecule has 2 rings (SSSR count). The predicted octanol–water partition coefficient (Wildman–Crippen LogP) is 0.132. The molecule has 0 aliphatic carbocycles. The zero-order chi connectivity index (χ0) is 9.42. The number of nitrogens with two attached hydrogens (primary N) is 1. The molecular formula is C6H8N6S. The number of nitrogen functional groups attached to an aromatic ring is 1. The van der Waals surface area contributed by atoms with E-state index in [1.54, 1.807) is 6.92 Å². The molecule has 2 aromatic rings. The van der Waals surface area contributed by atoms with Crippen LogP contribution in [0.3, 0.4) is 0 Å². The fraction of sp³-hybridized carbons (Fsp3) is 0.333. The molecule has 0 fully saturated rings. The standard InChI is InChI=1S/C6H8N6S/c1-3-8-4(7)12-5(9-3)10-6(11-12)13-2/h1-2H3,(H2,7,8,9,10,11). The number of aromatic nitrogens is 5. The predicted molar refractivity (Wildman–Crippen MR) is 49.5 cm³/mol. The summed E-state index contributed by atoms with van der Waals surface area (Å²) < 4.78 is 1.43. The molecule has 0 bridgehead atoms. The molecule has 0 saturated carbocycles. The average Bonchev–Trinajstić information content (AvgIpc) is 2.47. The molecule has 2 N–H and O–H groups in total. The maximum absolute atomic E-state index is 5.63. The number of thioether (sulfide) groups is 1. The van der Waals surface area contributed by atoms with Gasteiger partial charge in [0.1, 0.15) is 5.82 Å². The smallest absolute Gasteiger partial charge is 0.258 e. The highest BCUT2D eigenvalue weighted by Crippen LogP contribution is 2.10. The van der Waals surface area contributed by atoms with E-state index in [0.29, 0.717) is 22.7 Å². The molecule has 7 heteroatoms. The van der Waals surface area contributed by atoms with Gasteiger partial charge in [0, 0.05) is 0 Å². The van der Waals surface area contributed by atoms with Crippen LogP contribution in [0.4, 0.5) is 5.95 Å². The molecule has 68 valence electrons. The molecule has 2 heterocycles. The van der Waals surface area contributed by atoms with Crippen molar-refractivity contribution >= 4 is 23.5 Å². The van der Waals surface area contributed by atoms with E-state index in [9.17, 15) is 0 Å². The molecule has 0 aliphatic rings. The lowest BCUT2D eigenvalue weighted by Gasteiger charge is -1.95. The summed E-state index contributed by atoms with van der Waals surface area (Å²) in [5.41, 5.74) is 5.63. The Morgan fingerprint density at radius 3 is 2.77 bits per heavy atom. The van der Waals surface area contributed by atoms with Gasteiger partial charge >= 0.3 is 0 Å². The molecule has 0 amide bonds. The van der Waals surface area contributed by atoms with Crippen LogP contribution in [-0.2, 0) is 0 Å². The number of hydrogen-bond acceptors (Lipinski definition) is 6. The van der Waals surface area contributed by atoms with Gasteiger partial charge in [-0.15, -0.1) is 5.10 Å². The molecule has 0 aromatic carbocycles. The Kier molecular flexibility index (Phi) is 1.80. The minimum absolute atomic E-state index is 0.315. The lowest BCUT2D eigenvalue weighted by atomic mass is 10.7. The number of rotatable bonds is 1. The molecule has 0 aliphatic heterocycles. The molecule has 0 atom stereocenters. The van der Waals surface area contributed by atoms with E-state index in [-0.39, 0.29) is 0 Å². The average molecular weight is 196 g/mol. The van der Waals surface area contributed by atoms with Crippen molar-refractivity contribution in [1.29, 1.82) is 0 Å². The fourth-order valence-corrected chi connectivity index (χ4v) is 1.32. The van der Waals surface area contributed by atoms with E-state index < -0.39 is 0 Å². The van der Waals surface area contributed by atoms with Gasteiger partial charge in [-0.3, -0.25) is 0 Å². The monoisotopic (exact) mass is 196 g/mol. The molecule has 0 saturated heterocycles. The van der Waals surface area contributed by atoms with Crippen LogP contribution in [-0.4, -0.2) is 30.8 Å². The third kappa shape index (κ3) is 1.31. The van der Waals surface area contributed by atoms with Gasteiger partial charge in [0.15, 0.2) is 0 Å². The molecule has 0 spiro atoms. The Morgan fingerprint density at radius 2 is 2.08 bits per heavy atom. The second kappa shape index (κ2) is 2.84. The molecule has 13 heavy (non-hydrogen) atoms. The Hall–Kier alpha value is -1.37. The summed E-state index contributed by atoms with van der Waals surface area (Å²) in [4.78, 5) is 12.2. The number of aryl methyl sites for hydroxylation is 1. The summed E-state index contributed by atoms with van der Waals surface area (Å²) in [5.74, 6) is 1.41. The minimum atomic E-state index is 0.315. The third-order valence-corrected chi connectivity index (χ3v) is 2.05. The van der Waals surface area contributed by atoms with Crippen molar-refractivity contribution in [3.63, 3.8) is 0 Å². The van der Waals surface area contributed by atoms with Crippen molar-refractivity contribution in [3.8, 4) is 0 Å². The second-order valence-corrected chi connectivity index (χ2v) is 3.21. The number of hydrogen-bond donors (Lipinski definition) is 1. The molecule has 0 unspecified atom stereocenters. The zero-order valence-corrected chi connectivity index (χ0v) is 8.04. The first kappa shape index (κ1) is 8.24. The van der Waals surface area contributed by atoms with E-state index in [1.807, 2.05) is 6.26 Å². The number of fused-ring (bicyclic) bond motifs is 1. The first-order chi connectivity index (χ1) is 6.20. The maximum Gasteiger partial charge on any atom is 0.258 e. The van der Waals surface area contributed by atoms with Crippen LogP contribution < -0.4 is 5.73 Å². The van der Waals surface area contributed by atoms with Crippen molar-refractivity contribution < 1.29 is 0 Å². The van der Waals surface area contributed by atoms with Crippen LogP contribution in [0.25, 0.3) is 5.78 Å². The highest BCUT2D eigenvalue weighted by molar-refractivity contribution is 7.98. The summed E-state index contributed by atoms with van der Waals surface area (Å²) >= 11 is 1.44. The van der Waals surface area contributed by atoms with Crippen LogP contribution in [0, 0.1) is 6.92 Å². The second-order valence-electron chi connectivity index (χ2n) is 2.44. The molecule has 6 nitrogen and oxygen atoms in total. The minimum Gasteiger partial charge on any atom is -0.368 e. The van der Waals surface area contributed by atoms with Crippen LogP contribution in [0.15, 0.2) is 5.16 Å². The van der Waals surface area contributed by atoms with Gasteiger partial charge in [-0.25, -0.2) is 0 Å². The highest BCUT2D eigenvalue weighted by atomic mass is 32.2. The van der Waals surface area contributed by atoms with Crippen LogP contribution in [0.5, 0.6) is 0 Å². The van der Waals surface area contributed by atoms with Gasteiger partial charge < -0.3 is 5.73 Å². The van der Waals surface area contributed by atoms with Gasteiger partial charge in [0.25, 0.3) is 5.78 Å². The Morgan fingerprint density at radius 1 is 1.31 bits per heavy atom. The lowest BCUT2D eigenvalue weighted by molar-refractivity contribution is 0.852. The first-order valence-corrected chi connectivity index (χ1v) is 4.84. The Bertz CT molecular complexity index is 450. The normalized spacial score (nSPS) is 10.9. The number of anilines is 1. The fourth-order valence-electron chi connectivity index (χ4n) is 0.981. The third-order valence-electron chi connectivity index (χ3n) is 1.51. The van der Waals surface area contributed by atoms with Crippen LogP contribution >= 0.6 is 11.8 Å². The quantitative estimate of drug-likeness (QED) is 0.653. The molecular weight excluding hydrogens is 188 g/mol. The SMILES string of the molecule is CSc1nc2nc(C)nc(N)n2n1. The van der Waals surface area contributed by atoms with Gasteiger partial charge in [0.2, 0.25) is 11.1 Å². The molecule has 0 radical (unpaired) electrons. The topological polar surface area (TPSA) is 82.0 Å². The van der Waals surface area contributed by atoms with E-state index in [2.05, 4.69) is 20.1 Å². The largest absolute Gasteiger partial charge is 0.368 e. The maximum atomic E-state index is 5.63. The van der Waals surface area contributed by atoms with Gasteiger partial charge in [0.05, 0.1) is 0 Å². The van der Waals surface area contributed by atoms with E-state index in [1.165, 1.54) is 16.3 Å². The van der Waals surface area contributed by atoms with Crippen LogP contribution in [0.1, 0.15) is 5.82 Å². The van der Waals surface area contributed by atoms with Gasteiger partial charge in [-0.1, -0.05) is 11.8 Å². The summed E-state index contributed by atoms with van der Waals surface area (Å²) in [6.45, 7) is 1.77. The van der Waals surface area contributed by atoms with Crippen molar-refractivity contribution in [1.82, 2.24) is 24.6 Å². The van der Waals surface area contributed by atoms with Crippen molar-refractivity contribution in [2.24, 2.45) is 0 Å². The summed E-state index contributed by atoms with van der Waals surface area (Å²) in [5, 5.41) is 4.74. The van der Waals surface area contributed by atoms with E-state index in [4.69, 9.17) is 5.73 Å². The first-order valence-electron chi connectivity index (χ1n) is 3.61. The summed E-state index contributed by atoms with van der Waals surface area (Å²) in [6.07, 6.45) is 1.89.